The SMILES string of the molecule is CC(=O)Nc1nc(CN2CCC(C)(CN)C2)cs1.Cl.Cl. The van der Waals surface area contributed by atoms with Crippen molar-refractivity contribution in [3.8, 4) is 0 Å². The van der Waals surface area contributed by atoms with Gasteiger partial charge in [-0.25, -0.2) is 4.98 Å². The summed E-state index contributed by atoms with van der Waals surface area (Å²) in [7, 11) is 0. The van der Waals surface area contributed by atoms with Crippen LogP contribution in [0.25, 0.3) is 0 Å². The molecule has 0 aliphatic carbocycles. The van der Waals surface area contributed by atoms with E-state index in [1.807, 2.05) is 5.38 Å². The maximum absolute atomic E-state index is 10.9. The van der Waals surface area contributed by atoms with Crippen LogP contribution in [-0.4, -0.2) is 35.4 Å². The average molecular weight is 341 g/mol. The minimum Gasteiger partial charge on any atom is -0.330 e. The van der Waals surface area contributed by atoms with Gasteiger partial charge in [0.05, 0.1) is 5.69 Å². The number of halogens is 2. The number of rotatable bonds is 4. The fourth-order valence-corrected chi connectivity index (χ4v) is 2.99. The molecule has 1 aromatic heterocycles. The Kier molecular flexibility index (Phi) is 7.98. The quantitative estimate of drug-likeness (QED) is 0.880. The van der Waals surface area contributed by atoms with Crippen molar-refractivity contribution in [3.63, 3.8) is 0 Å². The maximum atomic E-state index is 10.9. The van der Waals surface area contributed by atoms with E-state index < -0.39 is 0 Å². The monoisotopic (exact) mass is 340 g/mol. The molecule has 3 N–H and O–H groups in total. The van der Waals surface area contributed by atoms with Crippen LogP contribution in [0.5, 0.6) is 0 Å². The second-order valence-corrected chi connectivity index (χ2v) is 6.16. The van der Waals surface area contributed by atoms with Crippen LogP contribution in [0, 0.1) is 5.41 Å². The molecule has 1 unspecified atom stereocenters. The molecular weight excluding hydrogens is 319 g/mol. The van der Waals surface area contributed by atoms with E-state index >= 15 is 0 Å². The Labute approximate surface area is 136 Å². The van der Waals surface area contributed by atoms with Crippen molar-refractivity contribution < 1.29 is 4.79 Å². The molecule has 1 aliphatic rings. The molecule has 8 heteroatoms. The summed E-state index contributed by atoms with van der Waals surface area (Å²) >= 11 is 1.47. The van der Waals surface area contributed by atoms with Gasteiger partial charge in [-0.1, -0.05) is 6.92 Å². The van der Waals surface area contributed by atoms with Gasteiger partial charge < -0.3 is 11.1 Å². The number of nitrogens with two attached hydrogens (primary N) is 1. The highest BCUT2D eigenvalue weighted by molar-refractivity contribution is 7.13. The molecule has 0 aromatic carbocycles. The Morgan fingerprint density at radius 1 is 1.60 bits per heavy atom. The van der Waals surface area contributed by atoms with Crippen molar-refractivity contribution in [2.45, 2.75) is 26.8 Å². The van der Waals surface area contributed by atoms with Crippen molar-refractivity contribution >= 4 is 47.2 Å². The molecule has 20 heavy (non-hydrogen) atoms. The molecule has 1 aliphatic heterocycles. The number of aromatic nitrogens is 1. The highest BCUT2D eigenvalue weighted by Crippen LogP contribution is 2.29. The third-order valence-corrected chi connectivity index (χ3v) is 4.16. The molecule has 1 fully saturated rings. The molecule has 0 bridgehead atoms. The van der Waals surface area contributed by atoms with Gasteiger partial charge in [-0.05, 0) is 24.9 Å². The summed E-state index contributed by atoms with van der Waals surface area (Å²) in [4.78, 5) is 17.7. The Morgan fingerprint density at radius 2 is 2.30 bits per heavy atom. The van der Waals surface area contributed by atoms with E-state index in [9.17, 15) is 4.79 Å². The molecule has 0 spiro atoms. The normalized spacial score (nSPS) is 21.9. The first-order chi connectivity index (χ1) is 8.50. The largest absolute Gasteiger partial charge is 0.330 e. The minimum atomic E-state index is -0.0761. The van der Waals surface area contributed by atoms with Crippen LogP contribution in [0.1, 0.15) is 26.0 Å². The van der Waals surface area contributed by atoms with Crippen LogP contribution in [0.4, 0.5) is 5.13 Å². The molecule has 1 aromatic rings. The summed E-state index contributed by atoms with van der Waals surface area (Å²) in [6, 6.07) is 0. The highest BCUT2D eigenvalue weighted by atomic mass is 35.5. The van der Waals surface area contributed by atoms with Crippen molar-refractivity contribution in [1.29, 1.82) is 0 Å². The number of hydrogen-bond acceptors (Lipinski definition) is 5. The summed E-state index contributed by atoms with van der Waals surface area (Å²) in [6.07, 6.45) is 1.15. The number of nitrogens with zero attached hydrogens (tertiary/aromatic N) is 2. The molecule has 1 amide bonds. The zero-order chi connectivity index (χ0) is 13.2. The lowest BCUT2D eigenvalue weighted by atomic mass is 9.90. The summed E-state index contributed by atoms with van der Waals surface area (Å²) in [5, 5.41) is 5.39. The third kappa shape index (κ3) is 5.18. The topological polar surface area (TPSA) is 71.2 Å². The van der Waals surface area contributed by atoms with E-state index in [2.05, 4.69) is 22.1 Å². The van der Waals surface area contributed by atoms with E-state index in [-0.39, 0.29) is 36.1 Å². The zero-order valence-electron chi connectivity index (χ0n) is 11.7. The van der Waals surface area contributed by atoms with Crippen LogP contribution < -0.4 is 11.1 Å². The van der Waals surface area contributed by atoms with E-state index in [1.54, 1.807) is 0 Å². The first-order valence-corrected chi connectivity index (χ1v) is 7.03. The van der Waals surface area contributed by atoms with Gasteiger partial charge in [0.15, 0.2) is 5.13 Å². The molecule has 0 radical (unpaired) electrons. The van der Waals surface area contributed by atoms with E-state index in [0.29, 0.717) is 5.13 Å². The Hall–Kier alpha value is -0.400. The number of carbonyl (C=O) groups is 1. The Morgan fingerprint density at radius 3 is 2.85 bits per heavy atom. The van der Waals surface area contributed by atoms with Gasteiger partial charge in [0.1, 0.15) is 0 Å². The van der Waals surface area contributed by atoms with Gasteiger partial charge in [0.2, 0.25) is 5.91 Å². The van der Waals surface area contributed by atoms with Crippen molar-refractivity contribution in [1.82, 2.24) is 9.88 Å². The zero-order valence-corrected chi connectivity index (χ0v) is 14.2. The standard InChI is InChI=1S/C12H20N4OS.2ClH/c1-9(17)14-11-15-10(6-18-11)5-16-4-3-12(2,7-13)8-16;;/h6H,3-5,7-8,13H2,1-2H3,(H,14,15,17);2*1H. The fourth-order valence-electron chi connectivity index (χ4n) is 2.24. The molecule has 0 saturated carbocycles. The van der Waals surface area contributed by atoms with Crippen LogP contribution in [0.2, 0.25) is 0 Å². The first-order valence-electron chi connectivity index (χ1n) is 6.15. The van der Waals surface area contributed by atoms with Crippen LogP contribution in [0.3, 0.4) is 0 Å². The molecule has 1 saturated heterocycles. The molecule has 2 heterocycles. The molecular formula is C12H22Cl2N4OS. The predicted molar refractivity (Wildman–Crippen MR) is 88.0 cm³/mol. The molecule has 116 valence electrons. The number of anilines is 1. The lowest BCUT2D eigenvalue weighted by Crippen LogP contribution is -2.31. The Balaban J connectivity index is 0.00000180. The second-order valence-electron chi connectivity index (χ2n) is 5.30. The van der Waals surface area contributed by atoms with Crippen LogP contribution in [-0.2, 0) is 11.3 Å². The van der Waals surface area contributed by atoms with Crippen molar-refractivity contribution in [2.75, 3.05) is 25.0 Å². The van der Waals surface area contributed by atoms with E-state index in [4.69, 9.17) is 5.73 Å². The Bertz CT molecular complexity index is 443. The number of likely N-dealkylation sites (tertiary alicyclic amines) is 1. The van der Waals surface area contributed by atoms with Crippen molar-refractivity contribution in [2.24, 2.45) is 11.1 Å². The first kappa shape index (κ1) is 19.6. The lowest BCUT2D eigenvalue weighted by molar-refractivity contribution is -0.114. The third-order valence-electron chi connectivity index (χ3n) is 3.35. The number of amides is 1. The van der Waals surface area contributed by atoms with Crippen LogP contribution in [0.15, 0.2) is 5.38 Å². The molecule has 2 rings (SSSR count). The number of carbonyl (C=O) groups excluding carboxylic acids is 1. The summed E-state index contributed by atoms with van der Waals surface area (Å²) in [6.45, 7) is 7.39. The average Bonchev–Trinajstić information content (AvgIpc) is 2.87. The summed E-state index contributed by atoms with van der Waals surface area (Å²) in [5.74, 6) is -0.0761. The van der Waals surface area contributed by atoms with E-state index in [1.165, 1.54) is 18.3 Å². The minimum absolute atomic E-state index is 0. The van der Waals surface area contributed by atoms with Crippen LogP contribution >= 0.6 is 36.2 Å². The smallest absolute Gasteiger partial charge is 0.223 e. The second kappa shape index (κ2) is 8.14. The lowest BCUT2D eigenvalue weighted by Gasteiger charge is -2.22. The van der Waals surface area contributed by atoms with Gasteiger partial charge in [-0.2, -0.15) is 0 Å². The maximum Gasteiger partial charge on any atom is 0.223 e. The van der Waals surface area contributed by atoms with Crippen molar-refractivity contribution in [3.05, 3.63) is 11.1 Å². The predicted octanol–water partition coefficient (Wildman–Crippen LogP) is 2.12. The van der Waals surface area contributed by atoms with Gasteiger partial charge in [-0.15, -0.1) is 36.2 Å². The van der Waals surface area contributed by atoms with Gasteiger partial charge in [-0.3, -0.25) is 9.69 Å². The summed E-state index contributed by atoms with van der Waals surface area (Å²) in [5.41, 5.74) is 7.06. The molecule has 1 atom stereocenters. The number of thiazole rings is 1. The van der Waals surface area contributed by atoms with E-state index in [0.717, 1.165) is 38.3 Å². The highest BCUT2D eigenvalue weighted by Gasteiger charge is 2.32. The fraction of sp³-hybridized carbons (Fsp3) is 0.667. The van der Waals surface area contributed by atoms with Gasteiger partial charge in [0.25, 0.3) is 0 Å². The number of nitrogens with one attached hydrogen (secondary N) is 1. The van der Waals surface area contributed by atoms with Gasteiger partial charge in [0, 0.05) is 25.4 Å². The summed E-state index contributed by atoms with van der Waals surface area (Å²) < 4.78 is 0. The van der Waals surface area contributed by atoms with Gasteiger partial charge >= 0.3 is 0 Å². The molecule has 5 nitrogen and oxygen atoms in total. The number of hydrogen-bond donors (Lipinski definition) is 2.